The van der Waals surface area contributed by atoms with E-state index in [1.54, 1.807) is 11.8 Å². The van der Waals surface area contributed by atoms with Gasteiger partial charge in [-0.15, -0.1) is 10.2 Å². The molecule has 2 aromatic carbocycles. The average Bonchev–Trinajstić information content (AvgIpc) is 3.43. The molecule has 8 heteroatoms. The molecule has 0 atom stereocenters. The van der Waals surface area contributed by atoms with Gasteiger partial charge in [-0.05, 0) is 68.1 Å². The van der Waals surface area contributed by atoms with Crippen LogP contribution in [0.3, 0.4) is 0 Å². The van der Waals surface area contributed by atoms with Crippen molar-refractivity contribution < 1.29 is 4.42 Å². The minimum atomic E-state index is -0.0790. The molecule has 0 bridgehead atoms. The standard InChI is InChI=1S/C31H36N6OS/c1-20-10-11-23-24(8-6-9-25(23)32-20)28-34-35-30(36(28)5)39-17-7-14-37-15-12-21-18-26-27(19-22(21)13-16-37)38-29(33-26)31(2,3)4/h6,8-11,18-19H,7,12-17H2,1-5H3. The molecular formula is C31H36N6OS. The van der Waals surface area contributed by atoms with E-state index >= 15 is 0 Å². The Morgan fingerprint density at radius 1 is 0.949 bits per heavy atom. The summed E-state index contributed by atoms with van der Waals surface area (Å²) in [5.41, 5.74) is 7.72. The molecule has 5 aromatic rings. The Kier molecular flexibility index (Phi) is 6.93. The molecule has 1 aliphatic rings. The molecule has 0 aliphatic carbocycles. The van der Waals surface area contributed by atoms with E-state index in [4.69, 9.17) is 9.40 Å². The van der Waals surface area contributed by atoms with Crippen LogP contribution in [0.5, 0.6) is 0 Å². The number of oxazole rings is 1. The van der Waals surface area contributed by atoms with Gasteiger partial charge in [-0.3, -0.25) is 4.98 Å². The number of pyridine rings is 1. The van der Waals surface area contributed by atoms with Gasteiger partial charge in [0.2, 0.25) is 5.89 Å². The zero-order valence-electron chi connectivity index (χ0n) is 23.5. The van der Waals surface area contributed by atoms with Gasteiger partial charge in [-0.1, -0.05) is 50.7 Å². The average molecular weight is 541 g/mol. The van der Waals surface area contributed by atoms with Crippen molar-refractivity contribution in [3.05, 3.63) is 65.2 Å². The van der Waals surface area contributed by atoms with E-state index in [1.165, 1.54) is 11.1 Å². The van der Waals surface area contributed by atoms with Crippen molar-refractivity contribution in [1.82, 2.24) is 29.6 Å². The van der Waals surface area contributed by atoms with Crippen LogP contribution in [0.4, 0.5) is 0 Å². The molecule has 0 saturated carbocycles. The van der Waals surface area contributed by atoms with Crippen LogP contribution in [0.25, 0.3) is 33.4 Å². The molecule has 7 nitrogen and oxygen atoms in total. The number of nitrogens with zero attached hydrogens (tertiary/aromatic N) is 6. The zero-order valence-corrected chi connectivity index (χ0v) is 24.3. The molecule has 0 spiro atoms. The monoisotopic (exact) mass is 540 g/mol. The second-order valence-electron chi connectivity index (χ2n) is 11.6. The van der Waals surface area contributed by atoms with Crippen molar-refractivity contribution in [2.24, 2.45) is 7.05 Å². The quantitative estimate of drug-likeness (QED) is 0.183. The Morgan fingerprint density at radius 3 is 2.54 bits per heavy atom. The molecule has 39 heavy (non-hydrogen) atoms. The van der Waals surface area contributed by atoms with Gasteiger partial charge in [0.1, 0.15) is 5.52 Å². The van der Waals surface area contributed by atoms with Gasteiger partial charge in [0, 0.05) is 47.9 Å². The van der Waals surface area contributed by atoms with Gasteiger partial charge in [0.25, 0.3) is 0 Å². The van der Waals surface area contributed by atoms with E-state index in [9.17, 15) is 0 Å². The lowest BCUT2D eigenvalue weighted by Crippen LogP contribution is -2.27. The first kappa shape index (κ1) is 26.0. The number of hydrogen-bond acceptors (Lipinski definition) is 7. The maximum atomic E-state index is 6.11. The first-order valence-corrected chi connectivity index (χ1v) is 14.8. The minimum Gasteiger partial charge on any atom is -0.440 e. The number of rotatable bonds is 6. The molecule has 0 fully saturated rings. The number of thioether (sulfide) groups is 1. The minimum absolute atomic E-state index is 0.0790. The van der Waals surface area contributed by atoms with Crippen LogP contribution < -0.4 is 0 Å². The Hall–Kier alpha value is -3.23. The summed E-state index contributed by atoms with van der Waals surface area (Å²) >= 11 is 1.78. The second-order valence-corrected chi connectivity index (χ2v) is 12.7. The number of hydrogen-bond donors (Lipinski definition) is 0. The van der Waals surface area contributed by atoms with Crippen LogP contribution in [0.2, 0.25) is 0 Å². The third-order valence-corrected chi connectivity index (χ3v) is 8.65. The maximum Gasteiger partial charge on any atom is 0.200 e. The topological polar surface area (TPSA) is 72.9 Å². The molecule has 0 saturated heterocycles. The molecule has 0 radical (unpaired) electrons. The summed E-state index contributed by atoms with van der Waals surface area (Å²) in [5.74, 6) is 2.71. The highest BCUT2D eigenvalue weighted by Gasteiger charge is 2.23. The fourth-order valence-corrected chi connectivity index (χ4v) is 6.15. The van der Waals surface area contributed by atoms with Gasteiger partial charge in [-0.25, -0.2) is 4.98 Å². The SMILES string of the molecule is Cc1ccc2c(-c3nnc(SCCCN4CCc5cc6nc(C(C)(C)C)oc6cc5CC4)n3C)cccc2n1. The summed E-state index contributed by atoms with van der Waals surface area (Å²) in [6.07, 6.45) is 3.22. The normalized spacial score (nSPS) is 14.7. The molecule has 3 aromatic heterocycles. The van der Waals surface area contributed by atoms with Crippen LogP contribution in [0, 0.1) is 6.92 Å². The lowest BCUT2D eigenvalue weighted by molar-refractivity contribution is 0.289. The van der Waals surface area contributed by atoms with Crippen molar-refractivity contribution in [1.29, 1.82) is 0 Å². The number of benzene rings is 2. The van der Waals surface area contributed by atoms with Crippen molar-refractivity contribution in [2.75, 3.05) is 25.4 Å². The summed E-state index contributed by atoms with van der Waals surface area (Å²) in [6.45, 7) is 11.7. The molecule has 0 unspecified atom stereocenters. The Morgan fingerprint density at radius 2 is 1.74 bits per heavy atom. The Labute approximate surface area is 234 Å². The van der Waals surface area contributed by atoms with Gasteiger partial charge < -0.3 is 13.9 Å². The van der Waals surface area contributed by atoms with Gasteiger partial charge in [0.15, 0.2) is 16.6 Å². The molecule has 4 heterocycles. The summed E-state index contributed by atoms with van der Waals surface area (Å²) < 4.78 is 8.22. The highest BCUT2D eigenvalue weighted by atomic mass is 32.2. The van der Waals surface area contributed by atoms with E-state index in [-0.39, 0.29) is 5.41 Å². The van der Waals surface area contributed by atoms with E-state index in [1.807, 2.05) is 13.0 Å². The third kappa shape index (κ3) is 5.32. The van der Waals surface area contributed by atoms with Crippen molar-refractivity contribution in [3.8, 4) is 11.4 Å². The third-order valence-electron chi connectivity index (χ3n) is 7.54. The fourth-order valence-electron chi connectivity index (χ4n) is 5.32. The first-order valence-electron chi connectivity index (χ1n) is 13.8. The van der Waals surface area contributed by atoms with Crippen molar-refractivity contribution in [2.45, 2.75) is 57.5 Å². The summed E-state index contributed by atoms with van der Waals surface area (Å²) in [6, 6.07) is 14.9. The predicted octanol–water partition coefficient (Wildman–Crippen LogP) is 6.36. The zero-order chi connectivity index (χ0) is 27.1. The highest BCUT2D eigenvalue weighted by Crippen LogP contribution is 2.30. The number of fused-ring (bicyclic) bond motifs is 3. The molecule has 0 amide bonds. The molecule has 0 N–H and O–H groups in total. The predicted molar refractivity (Wildman–Crippen MR) is 158 cm³/mol. The lowest BCUT2D eigenvalue weighted by atomic mass is 9.97. The fraction of sp³-hybridized carbons (Fsp3) is 0.419. The van der Waals surface area contributed by atoms with E-state index < -0.39 is 0 Å². The van der Waals surface area contributed by atoms with E-state index in [0.29, 0.717) is 0 Å². The molecule has 6 rings (SSSR count). The van der Waals surface area contributed by atoms with Crippen LogP contribution in [-0.2, 0) is 25.3 Å². The van der Waals surface area contributed by atoms with Gasteiger partial charge in [-0.2, -0.15) is 0 Å². The number of aryl methyl sites for hydroxylation is 1. The Bertz CT molecular complexity index is 1600. The number of aromatic nitrogens is 5. The van der Waals surface area contributed by atoms with Gasteiger partial charge in [0.05, 0.1) is 5.52 Å². The molecular weight excluding hydrogens is 504 g/mol. The second kappa shape index (κ2) is 10.4. The smallest absolute Gasteiger partial charge is 0.200 e. The van der Waals surface area contributed by atoms with Crippen molar-refractivity contribution >= 4 is 33.8 Å². The summed E-state index contributed by atoms with van der Waals surface area (Å²) in [5, 5.41) is 11.1. The largest absolute Gasteiger partial charge is 0.440 e. The van der Waals surface area contributed by atoms with Crippen LogP contribution >= 0.6 is 11.8 Å². The summed E-state index contributed by atoms with van der Waals surface area (Å²) in [7, 11) is 2.06. The van der Waals surface area contributed by atoms with Crippen LogP contribution in [-0.4, -0.2) is 55.0 Å². The highest BCUT2D eigenvalue weighted by molar-refractivity contribution is 7.99. The van der Waals surface area contributed by atoms with E-state index in [0.717, 1.165) is 94.8 Å². The van der Waals surface area contributed by atoms with Gasteiger partial charge >= 0.3 is 0 Å². The van der Waals surface area contributed by atoms with Crippen molar-refractivity contribution in [3.63, 3.8) is 0 Å². The van der Waals surface area contributed by atoms with E-state index in [2.05, 4.69) is 88.9 Å². The summed E-state index contributed by atoms with van der Waals surface area (Å²) in [4.78, 5) is 12.0. The molecule has 202 valence electrons. The molecule has 1 aliphatic heterocycles. The van der Waals surface area contributed by atoms with Crippen LogP contribution in [0.15, 0.2) is 52.0 Å². The Balaban J connectivity index is 1.05. The lowest BCUT2D eigenvalue weighted by Gasteiger charge is -2.19. The van der Waals surface area contributed by atoms with Crippen LogP contribution in [0.1, 0.15) is 49.9 Å². The maximum absolute atomic E-state index is 6.11. The first-order chi connectivity index (χ1) is 18.8.